The third kappa shape index (κ3) is 3.05. The number of hydrogen-bond donors (Lipinski definition) is 1. The second-order valence-corrected chi connectivity index (χ2v) is 6.38. The SMILES string of the molecule is O=C(O)Cc1ccc(S(=O)(=O)N2CC=CCC2)cc1F. The molecule has 1 N–H and O–H groups in total. The van der Waals surface area contributed by atoms with Gasteiger partial charge in [0, 0.05) is 13.1 Å². The number of benzene rings is 1. The maximum absolute atomic E-state index is 13.7. The van der Waals surface area contributed by atoms with E-state index in [1.807, 2.05) is 6.08 Å². The van der Waals surface area contributed by atoms with E-state index in [2.05, 4.69) is 0 Å². The molecule has 0 spiro atoms. The van der Waals surface area contributed by atoms with Gasteiger partial charge in [0.1, 0.15) is 5.82 Å². The fourth-order valence-electron chi connectivity index (χ4n) is 1.98. The number of rotatable bonds is 4. The summed E-state index contributed by atoms with van der Waals surface area (Å²) in [6.07, 6.45) is 3.79. The van der Waals surface area contributed by atoms with Crippen LogP contribution in [0.3, 0.4) is 0 Å². The van der Waals surface area contributed by atoms with Gasteiger partial charge in [-0.25, -0.2) is 12.8 Å². The lowest BCUT2D eigenvalue weighted by Gasteiger charge is -2.22. The van der Waals surface area contributed by atoms with Crippen LogP contribution in [0.1, 0.15) is 12.0 Å². The molecule has 0 fully saturated rings. The molecule has 0 aromatic heterocycles. The van der Waals surface area contributed by atoms with Crippen molar-refractivity contribution in [2.75, 3.05) is 13.1 Å². The average Bonchev–Trinajstić information content (AvgIpc) is 2.41. The lowest BCUT2D eigenvalue weighted by atomic mass is 10.1. The van der Waals surface area contributed by atoms with Gasteiger partial charge in [0.2, 0.25) is 10.0 Å². The zero-order chi connectivity index (χ0) is 14.8. The maximum Gasteiger partial charge on any atom is 0.307 e. The molecular weight excluding hydrogens is 285 g/mol. The molecule has 0 unspecified atom stereocenters. The summed E-state index contributed by atoms with van der Waals surface area (Å²) in [7, 11) is -3.74. The highest BCUT2D eigenvalue weighted by Gasteiger charge is 2.25. The molecule has 1 heterocycles. The van der Waals surface area contributed by atoms with Crippen LogP contribution in [0.2, 0.25) is 0 Å². The van der Waals surface area contributed by atoms with Gasteiger partial charge in [-0.3, -0.25) is 4.79 Å². The normalized spacial score (nSPS) is 16.2. The predicted octanol–water partition coefficient (Wildman–Crippen LogP) is 1.40. The van der Waals surface area contributed by atoms with Crippen LogP contribution in [0.15, 0.2) is 35.2 Å². The molecule has 1 aromatic carbocycles. The van der Waals surface area contributed by atoms with Crippen LogP contribution in [0.5, 0.6) is 0 Å². The highest BCUT2D eigenvalue weighted by molar-refractivity contribution is 7.89. The fraction of sp³-hybridized carbons (Fsp3) is 0.308. The first-order valence-corrected chi connectivity index (χ1v) is 7.50. The van der Waals surface area contributed by atoms with Crippen LogP contribution in [0.4, 0.5) is 4.39 Å². The largest absolute Gasteiger partial charge is 0.481 e. The molecule has 1 aliphatic heterocycles. The van der Waals surface area contributed by atoms with Gasteiger partial charge in [-0.2, -0.15) is 4.31 Å². The van der Waals surface area contributed by atoms with E-state index in [0.29, 0.717) is 13.0 Å². The fourth-order valence-corrected chi connectivity index (χ4v) is 3.40. The zero-order valence-corrected chi connectivity index (χ0v) is 11.4. The molecule has 5 nitrogen and oxygen atoms in total. The van der Waals surface area contributed by atoms with E-state index in [1.165, 1.54) is 16.4 Å². The number of carboxylic acids is 1. The van der Waals surface area contributed by atoms with Crippen molar-refractivity contribution >= 4 is 16.0 Å². The standard InChI is InChI=1S/C13H14FNO4S/c14-12-9-11(5-4-10(12)8-13(16)17)20(18,19)15-6-2-1-3-7-15/h1-2,4-5,9H,3,6-8H2,(H,16,17). The second kappa shape index (κ2) is 5.72. The number of carboxylic acid groups (broad SMARTS) is 1. The van der Waals surface area contributed by atoms with Gasteiger partial charge in [-0.15, -0.1) is 0 Å². The van der Waals surface area contributed by atoms with Gasteiger partial charge >= 0.3 is 5.97 Å². The molecule has 7 heteroatoms. The first-order valence-electron chi connectivity index (χ1n) is 6.06. The van der Waals surface area contributed by atoms with Crippen LogP contribution < -0.4 is 0 Å². The zero-order valence-electron chi connectivity index (χ0n) is 10.6. The maximum atomic E-state index is 13.7. The molecule has 20 heavy (non-hydrogen) atoms. The quantitative estimate of drug-likeness (QED) is 0.853. The third-order valence-corrected chi connectivity index (χ3v) is 4.89. The van der Waals surface area contributed by atoms with Crippen LogP contribution in [0, 0.1) is 5.82 Å². The molecule has 0 aliphatic carbocycles. The molecule has 0 atom stereocenters. The number of carbonyl (C=O) groups is 1. The molecule has 1 aromatic rings. The van der Waals surface area contributed by atoms with Crippen LogP contribution in [-0.2, 0) is 21.2 Å². The Morgan fingerprint density at radius 3 is 2.65 bits per heavy atom. The molecule has 0 radical (unpaired) electrons. The Kier molecular flexibility index (Phi) is 4.20. The summed E-state index contributed by atoms with van der Waals surface area (Å²) in [4.78, 5) is 10.4. The minimum absolute atomic E-state index is 0.0324. The lowest BCUT2D eigenvalue weighted by Crippen LogP contribution is -2.33. The Labute approximate surface area is 116 Å². The Bertz CT molecular complexity index is 654. The molecule has 0 saturated carbocycles. The molecule has 108 valence electrons. The van der Waals surface area contributed by atoms with E-state index in [-0.39, 0.29) is 17.0 Å². The molecule has 2 rings (SSSR count). The minimum atomic E-state index is -3.74. The van der Waals surface area contributed by atoms with Crippen molar-refractivity contribution in [3.8, 4) is 0 Å². The van der Waals surface area contributed by atoms with Gasteiger partial charge in [-0.1, -0.05) is 18.2 Å². The molecular formula is C13H14FNO4S. The summed E-state index contributed by atoms with van der Waals surface area (Å²) in [6, 6.07) is 3.33. The van der Waals surface area contributed by atoms with Crippen LogP contribution in [0.25, 0.3) is 0 Å². The highest BCUT2D eigenvalue weighted by Crippen LogP contribution is 2.21. The van der Waals surface area contributed by atoms with Crippen molar-refractivity contribution in [3.05, 3.63) is 41.7 Å². The van der Waals surface area contributed by atoms with Crippen molar-refractivity contribution < 1.29 is 22.7 Å². The van der Waals surface area contributed by atoms with E-state index in [0.717, 1.165) is 6.07 Å². The summed E-state index contributed by atoms with van der Waals surface area (Å²) in [5.74, 6) is -1.98. The Balaban J connectivity index is 2.31. The summed E-state index contributed by atoms with van der Waals surface area (Å²) in [6.45, 7) is 0.623. The number of sulfonamides is 1. The molecule has 0 bridgehead atoms. The van der Waals surface area contributed by atoms with Gasteiger partial charge in [0.25, 0.3) is 0 Å². The summed E-state index contributed by atoms with van der Waals surface area (Å²) in [5, 5.41) is 8.62. The second-order valence-electron chi connectivity index (χ2n) is 4.45. The Hall–Kier alpha value is -1.73. The van der Waals surface area contributed by atoms with E-state index < -0.39 is 28.2 Å². The van der Waals surface area contributed by atoms with Crippen molar-refractivity contribution in [2.45, 2.75) is 17.7 Å². The van der Waals surface area contributed by atoms with Gasteiger partial charge in [-0.05, 0) is 24.1 Å². The Morgan fingerprint density at radius 2 is 2.10 bits per heavy atom. The lowest BCUT2D eigenvalue weighted by molar-refractivity contribution is -0.136. The first-order chi connectivity index (χ1) is 9.41. The highest BCUT2D eigenvalue weighted by atomic mass is 32.2. The smallest absolute Gasteiger partial charge is 0.307 e. The topological polar surface area (TPSA) is 74.7 Å². The first kappa shape index (κ1) is 14.7. The van der Waals surface area contributed by atoms with E-state index in [4.69, 9.17) is 5.11 Å². The molecule has 0 amide bonds. The number of hydrogen-bond acceptors (Lipinski definition) is 3. The summed E-state index contributed by atoms with van der Waals surface area (Å²) < 4.78 is 39.6. The van der Waals surface area contributed by atoms with E-state index in [9.17, 15) is 17.6 Å². The molecule has 0 saturated heterocycles. The monoisotopic (exact) mass is 299 g/mol. The Morgan fingerprint density at radius 1 is 1.35 bits per heavy atom. The minimum Gasteiger partial charge on any atom is -0.481 e. The van der Waals surface area contributed by atoms with Crippen LogP contribution in [-0.4, -0.2) is 36.9 Å². The van der Waals surface area contributed by atoms with Crippen molar-refractivity contribution in [1.82, 2.24) is 4.31 Å². The van der Waals surface area contributed by atoms with Crippen molar-refractivity contribution in [3.63, 3.8) is 0 Å². The number of halogens is 1. The van der Waals surface area contributed by atoms with Gasteiger partial charge in [0.05, 0.1) is 11.3 Å². The van der Waals surface area contributed by atoms with Crippen LogP contribution >= 0.6 is 0 Å². The summed E-state index contributed by atoms with van der Waals surface area (Å²) >= 11 is 0. The van der Waals surface area contributed by atoms with E-state index >= 15 is 0 Å². The van der Waals surface area contributed by atoms with E-state index in [1.54, 1.807) is 6.08 Å². The third-order valence-electron chi connectivity index (χ3n) is 3.02. The average molecular weight is 299 g/mol. The number of nitrogens with zero attached hydrogens (tertiary/aromatic N) is 1. The predicted molar refractivity (Wildman–Crippen MR) is 70.3 cm³/mol. The van der Waals surface area contributed by atoms with Gasteiger partial charge < -0.3 is 5.11 Å². The summed E-state index contributed by atoms with van der Waals surface area (Å²) in [5.41, 5.74) is -0.0324. The van der Waals surface area contributed by atoms with Crippen molar-refractivity contribution in [2.24, 2.45) is 0 Å². The van der Waals surface area contributed by atoms with Gasteiger partial charge in [0.15, 0.2) is 0 Å². The molecule has 1 aliphatic rings. The van der Waals surface area contributed by atoms with Crippen molar-refractivity contribution in [1.29, 1.82) is 0 Å². The number of aliphatic carboxylic acids is 1.